The Labute approximate surface area is 110 Å². The van der Waals surface area contributed by atoms with Gasteiger partial charge in [0.05, 0.1) is 0 Å². The van der Waals surface area contributed by atoms with Gasteiger partial charge in [0.2, 0.25) is 0 Å². The first-order valence-corrected chi connectivity index (χ1v) is 6.45. The van der Waals surface area contributed by atoms with Crippen LogP contribution in [0.5, 0.6) is 0 Å². The molecule has 0 aliphatic carbocycles. The van der Waals surface area contributed by atoms with E-state index in [-0.39, 0.29) is 11.4 Å². The van der Waals surface area contributed by atoms with Crippen LogP contribution in [0.2, 0.25) is 0 Å². The smallest absolute Gasteiger partial charge is 0.151 e. The molecule has 0 radical (unpaired) electrons. The summed E-state index contributed by atoms with van der Waals surface area (Å²) in [7, 11) is 0. The van der Waals surface area contributed by atoms with E-state index in [1.807, 2.05) is 11.4 Å². The summed E-state index contributed by atoms with van der Waals surface area (Å²) in [5.74, 6) is -1.36. The molecule has 0 bridgehead atoms. The van der Waals surface area contributed by atoms with Crippen LogP contribution in [-0.4, -0.2) is 0 Å². The maximum Gasteiger partial charge on any atom is 0.151 e. The lowest BCUT2D eigenvalue weighted by atomic mass is 10.2. The van der Waals surface area contributed by atoms with Gasteiger partial charge < -0.3 is 11.1 Å². The van der Waals surface area contributed by atoms with E-state index in [0.29, 0.717) is 6.54 Å². The zero-order chi connectivity index (χ0) is 12.4. The molecule has 2 rings (SSSR count). The number of hydrogen-bond acceptors (Lipinski definition) is 3. The van der Waals surface area contributed by atoms with E-state index < -0.39 is 11.6 Å². The number of hydrogen-bond donors (Lipinski definition) is 2. The lowest BCUT2D eigenvalue weighted by Crippen LogP contribution is -2.03. The van der Waals surface area contributed by atoms with Crippen LogP contribution in [0.3, 0.4) is 0 Å². The maximum absolute atomic E-state index is 13.4. The predicted octanol–water partition coefficient (Wildman–Crippen LogP) is 3.98. The second kappa shape index (κ2) is 5.01. The second-order valence-corrected chi connectivity index (χ2v) is 5.36. The van der Waals surface area contributed by atoms with E-state index in [1.54, 1.807) is 0 Å². The monoisotopic (exact) mass is 318 g/mol. The summed E-state index contributed by atoms with van der Waals surface area (Å²) in [5, 5.41) is 4.63. The van der Waals surface area contributed by atoms with Crippen molar-refractivity contribution in [3.05, 3.63) is 44.6 Å². The summed E-state index contributed by atoms with van der Waals surface area (Å²) in [6.45, 7) is 0.369. The quantitative estimate of drug-likeness (QED) is 0.840. The Morgan fingerprint density at radius 1 is 1.24 bits per heavy atom. The molecule has 0 atom stereocenters. The second-order valence-electron chi connectivity index (χ2n) is 3.44. The average molecular weight is 319 g/mol. The summed E-state index contributed by atoms with van der Waals surface area (Å²) in [6.07, 6.45) is 0. The average Bonchev–Trinajstić information content (AvgIpc) is 2.62. The Bertz CT molecular complexity index is 519. The van der Waals surface area contributed by atoms with Crippen LogP contribution in [0.4, 0.5) is 20.2 Å². The highest BCUT2D eigenvalue weighted by atomic mass is 79.9. The highest BCUT2D eigenvalue weighted by Crippen LogP contribution is 2.24. The Balaban J connectivity index is 2.14. The number of nitrogens with one attached hydrogen (secondary N) is 1. The third-order valence-corrected chi connectivity index (χ3v) is 3.82. The molecule has 0 spiro atoms. The van der Waals surface area contributed by atoms with Gasteiger partial charge in [0.1, 0.15) is 5.69 Å². The van der Waals surface area contributed by atoms with Gasteiger partial charge in [0.15, 0.2) is 11.6 Å². The molecule has 0 amide bonds. The fraction of sp³-hybridized carbons (Fsp3) is 0.0909. The molecule has 2 aromatic rings. The number of thiophene rings is 1. The minimum absolute atomic E-state index is 0.0735. The Kier molecular flexibility index (Phi) is 3.63. The lowest BCUT2D eigenvalue weighted by molar-refractivity contribution is 0.589. The molecule has 1 aromatic heterocycles. The van der Waals surface area contributed by atoms with Crippen molar-refractivity contribution in [2.75, 3.05) is 11.1 Å². The highest BCUT2D eigenvalue weighted by molar-refractivity contribution is 9.10. The predicted molar refractivity (Wildman–Crippen MR) is 70.1 cm³/mol. The zero-order valence-electron chi connectivity index (χ0n) is 8.64. The van der Waals surface area contributed by atoms with Crippen molar-refractivity contribution in [2.24, 2.45) is 0 Å². The summed E-state index contributed by atoms with van der Waals surface area (Å²) < 4.78 is 27.8. The first-order valence-electron chi connectivity index (χ1n) is 4.77. The van der Waals surface area contributed by atoms with E-state index in [2.05, 4.69) is 21.2 Å². The van der Waals surface area contributed by atoms with Gasteiger partial charge in [-0.3, -0.25) is 0 Å². The van der Waals surface area contributed by atoms with Crippen molar-refractivity contribution >= 4 is 38.6 Å². The van der Waals surface area contributed by atoms with E-state index in [9.17, 15) is 8.78 Å². The lowest BCUT2D eigenvalue weighted by Gasteiger charge is -2.08. The van der Waals surface area contributed by atoms with Gasteiger partial charge in [-0.25, -0.2) is 8.78 Å². The van der Waals surface area contributed by atoms with Gasteiger partial charge in [-0.2, -0.15) is 0 Å². The Morgan fingerprint density at radius 2 is 1.88 bits per heavy atom. The molecule has 0 saturated carbocycles. The molecular weight excluding hydrogens is 310 g/mol. The number of nitrogen functional groups attached to an aromatic ring is 1. The molecule has 0 fully saturated rings. The SMILES string of the molecule is Nc1cc(F)c(NCc2cc(Br)cs2)c(F)c1. The van der Waals surface area contributed by atoms with Gasteiger partial charge in [-0.15, -0.1) is 11.3 Å². The van der Waals surface area contributed by atoms with Crippen molar-refractivity contribution in [3.63, 3.8) is 0 Å². The molecule has 0 aliphatic rings. The molecule has 6 heteroatoms. The number of rotatable bonds is 3. The molecule has 1 heterocycles. The number of anilines is 2. The zero-order valence-corrected chi connectivity index (χ0v) is 11.0. The third kappa shape index (κ3) is 2.95. The van der Waals surface area contributed by atoms with Crippen LogP contribution < -0.4 is 11.1 Å². The highest BCUT2D eigenvalue weighted by Gasteiger charge is 2.10. The molecule has 0 unspecified atom stereocenters. The Hall–Kier alpha value is -1.14. The number of halogens is 3. The van der Waals surface area contributed by atoms with Crippen molar-refractivity contribution in [1.29, 1.82) is 0 Å². The van der Waals surface area contributed by atoms with Crippen LogP contribution in [0.25, 0.3) is 0 Å². The molecule has 17 heavy (non-hydrogen) atoms. The van der Waals surface area contributed by atoms with Crippen LogP contribution in [0.15, 0.2) is 28.1 Å². The van der Waals surface area contributed by atoms with Crippen molar-refractivity contribution in [2.45, 2.75) is 6.54 Å². The van der Waals surface area contributed by atoms with E-state index in [4.69, 9.17) is 5.73 Å². The van der Waals surface area contributed by atoms with Gasteiger partial charge >= 0.3 is 0 Å². The summed E-state index contributed by atoms with van der Waals surface area (Å²) in [5.41, 5.74) is 5.25. The topological polar surface area (TPSA) is 38.0 Å². The molecule has 2 nitrogen and oxygen atoms in total. The Morgan fingerprint density at radius 3 is 2.41 bits per heavy atom. The molecule has 0 aliphatic heterocycles. The first kappa shape index (κ1) is 12.3. The molecular formula is C11H9BrF2N2S. The van der Waals surface area contributed by atoms with Gasteiger partial charge in [0.25, 0.3) is 0 Å². The minimum atomic E-state index is -0.682. The van der Waals surface area contributed by atoms with Crippen molar-refractivity contribution < 1.29 is 8.78 Å². The summed E-state index contributed by atoms with van der Waals surface area (Å²) in [4.78, 5) is 0.979. The van der Waals surface area contributed by atoms with Gasteiger partial charge in [-0.1, -0.05) is 0 Å². The number of nitrogens with two attached hydrogens (primary N) is 1. The van der Waals surface area contributed by atoms with Crippen molar-refractivity contribution in [3.8, 4) is 0 Å². The third-order valence-electron chi connectivity index (χ3n) is 2.13. The van der Waals surface area contributed by atoms with Crippen LogP contribution in [-0.2, 0) is 6.54 Å². The van der Waals surface area contributed by atoms with E-state index in [0.717, 1.165) is 21.5 Å². The normalized spacial score (nSPS) is 10.5. The standard InChI is InChI=1S/C11H9BrF2N2S/c12-6-1-8(17-5-6)4-16-11-9(13)2-7(15)3-10(11)14/h1-3,5,16H,4,15H2. The number of benzene rings is 1. The molecule has 3 N–H and O–H groups in total. The van der Waals surface area contributed by atoms with E-state index in [1.165, 1.54) is 11.3 Å². The van der Waals surface area contributed by atoms with Gasteiger partial charge in [-0.05, 0) is 34.1 Å². The molecule has 1 aromatic carbocycles. The van der Waals surface area contributed by atoms with Gasteiger partial charge in [0, 0.05) is 27.0 Å². The minimum Gasteiger partial charge on any atom is -0.399 e. The summed E-state index contributed by atoms with van der Waals surface area (Å²) >= 11 is 4.82. The van der Waals surface area contributed by atoms with Crippen molar-refractivity contribution in [1.82, 2.24) is 0 Å². The fourth-order valence-corrected chi connectivity index (χ4v) is 2.77. The maximum atomic E-state index is 13.4. The van der Waals surface area contributed by atoms with Crippen LogP contribution in [0.1, 0.15) is 4.88 Å². The van der Waals surface area contributed by atoms with Crippen LogP contribution in [0, 0.1) is 11.6 Å². The largest absolute Gasteiger partial charge is 0.399 e. The summed E-state index contributed by atoms with van der Waals surface area (Å²) in [6, 6.07) is 4.08. The van der Waals surface area contributed by atoms with E-state index >= 15 is 0 Å². The van der Waals surface area contributed by atoms with Crippen LogP contribution >= 0.6 is 27.3 Å². The molecule has 0 saturated heterocycles. The first-order chi connectivity index (χ1) is 8.06. The molecule has 90 valence electrons. The fourth-order valence-electron chi connectivity index (χ4n) is 1.38.